The molecule has 1 atom stereocenters. The van der Waals surface area contributed by atoms with Gasteiger partial charge in [-0.15, -0.1) is 4.57 Å². The summed E-state index contributed by atoms with van der Waals surface area (Å²) < 4.78 is 74.0. The Morgan fingerprint density at radius 1 is 0.709 bits per heavy atom. The van der Waals surface area contributed by atoms with Crippen molar-refractivity contribution in [1.82, 2.24) is 4.98 Å². The molecule has 1 aromatic heterocycles. The molecule has 0 saturated heterocycles. The quantitative estimate of drug-likeness (QED) is 0.0505. The summed E-state index contributed by atoms with van der Waals surface area (Å²) in [4.78, 5) is 8.48. The Labute approximate surface area is 343 Å². The molecular weight excluding hydrogens is 746 g/mol. The summed E-state index contributed by atoms with van der Waals surface area (Å²) in [5, 5.41) is 3.76. The molecular formula is C41H40N5NaO6S2+2. The molecule has 3 N–H and O–H groups in total. The van der Waals surface area contributed by atoms with Crippen molar-refractivity contribution in [1.29, 1.82) is 0 Å². The molecule has 0 aliphatic carbocycles. The molecule has 0 radical (unpaired) electrons. The standard InChI is InChI=1S/C41H39N5O6S2.Na/c1-4-44(5-2)36-24-21-29(25-39(36)53(47,48)49)42-35-27-38-40(33-20-14-13-19-32(33)35)43-34-23-22-31(26-37(34)46(38)30-17-11-8-12-18-30)45(6-3)41(54(50,51)52)28-15-9-7-10-16-28;/h7-27,41H,4-6H2,1-3H3,(H2,47,48,49,50,51,52);/q;+1/p+1. The van der Waals surface area contributed by atoms with E-state index in [1.807, 2.05) is 105 Å². The largest absolute Gasteiger partial charge is 1.00 e. The third-order valence-electron chi connectivity index (χ3n) is 9.63. The molecule has 6 aromatic carbocycles. The third kappa shape index (κ3) is 7.92. The van der Waals surface area contributed by atoms with Crippen LogP contribution in [0.5, 0.6) is 0 Å². The zero-order valence-electron chi connectivity index (χ0n) is 31.0. The normalized spacial score (nSPS) is 12.4. The van der Waals surface area contributed by atoms with Gasteiger partial charge in [-0.05, 0) is 56.7 Å². The van der Waals surface area contributed by atoms with Gasteiger partial charge in [0.15, 0.2) is 5.37 Å². The van der Waals surface area contributed by atoms with Gasteiger partial charge in [-0.25, -0.2) is 4.98 Å². The zero-order chi connectivity index (χ0) is 38.2. The molecule has 1 heterocycles. The summed E-state index contributed by atoms with van der Waals surface area (Å²) in [5.41, 5.74) is 6.13. The van der Waals surface area contributed by atoms with Gasteiger partial charge in [-0.2, -0.15) is 16.8 Å². The Hall–Kier alpha value is -4.60. The van der Waals surface area contributed by atoms with Gasteiger partial charge >= 0.3 is 29.6 Å². The Bertz CT molecular complexity index is 2730. The van der Waals surface area contributed by atoms with Gasteiger partial charge in [-0.1, -0.05) is 72.8 Å². The number of fused-ring (bicyclic) bond motifs is 4. The summed E-state index contributed by atoms with van der Waals surface area (Å²) in [7, 11) is -9.13. The molecule has 7 aromatic rings. The molecule has 0 spiro atoms. The van der Waals surface area contributed by atoms with E-state index in [0.717, 1.165) is 22.0 Å². The van der Waals surface area contributed by atoms with Crippen LogP contribution in [0.2, 0.25) is 0 Å². The smallest absolute Gasteiger partial charge is 0.371 e. The Morgan fingerprint density at radius 3 is 1.96 bits per heavy atom. The van der Waals surface area contributed by atoms with Gasteiger partial charge in [0.1, 0.15) is 15.9 Å². The van der Waals surface area contributed by atoms with Crippen LogP contribution in [0.3, 0.4) is 0 Å². The summed E-state index contributed by atoms with van der Waals surface area (Å²) >= 11 is 0. The maximum absolute atomic E-state index is 12.9. The fraction of sp³-hybridized carbons (Fsp3) is 0.171. The molecule has 276 valence electrons. The first-order valence-corrected chi connectivity index (χ1v) is 20.5. The van der Waals surface area contributed by atoms with Crippen LogP contribution in [0.4, 0.5) is 22.7 Å². The number of hydrogen-bond donors (Lipinski definition) is 3. The minimum absolute atomic E-state index is 0. The topological polar surface area (TPSA) is 144 Å². The average Bonchev–Trinajstić information content (AvgIpc) is 3.16. The first-order chi connectivity index (χ1) is 25.9. The SMILES string of the molecule is CCN(CC)c1ccc(Nc2cc3c(nc4ccc(N(CC)C(c5ccccc5)S(=O)(=O)O)cc4[n+]3-c3ccccc3)c3ccccc23)cc1S(=O)(=O)O.[Na+]. The van der Waals surface area contributed by atoms with Gasteiger partial charge in [0.25, 0.3) is 20.2 Å². The van der Waals surface area contributed by atoms with E-state index in [1.165, 1.54) is 6.07 Å². The first kappa shape index (κ1) is 40.1. The van der Waals surface area contributed by atoms with Crippen molar-refractivity contribution in [3.8, 4) is 5.69 Å². The first-order valence-electron chi connectivity index (χ1n) is 17.6. The number of para-hydroxylation sites is 1. The van der Waals surface area contributed by atoms with Gasteiger partial charge < -0.3 is 15.1 Å². The zero-order valence-corrected chi connectivity index (χ0v) is 34.6. The molecule has 7 rings (SSSR count). The molecule has 0 aliphatic heterocycles. The van der Waals surface area contributed by atoms with Crippen LogP contribution in [0.1, 0.15) is 31.7 Å². The minimum atomic E-state index is -4.57. The maximum atomic E-state index is 12.9. The van der Waals surface area contributed by atoms with Crippen LogP contribution in [0.25, 0.3) is 38.5 Å². The van der Waals surface area contributed by atoms with E-state index >= 15 is 0 Å². The van der Waals surface area contributed by atoms with Crippen LogP contribution in [0, 0.1) is 0 Å². The van der Waals surface area contributed by atoms with Crippen molar-refractivity contribution in [2.45, 2.75) is 31.0 Å². The van der Waals surface area contributed by atoms with Crippen LogP contribution < -0.4 is 49.2 Å². The maximum Gasteiger partial charge on any atom is 1.00 e. The van der Waals surface area contributed by atoms with E-state index in [-0.39, 0.29) is 41.0 Å². The average molecular weight is 786 g/mol. The summed E-state index contributed by atoms with van der Waals surface area (Å²) in [5.74, 6) is 0. The monoisotopic (exact) mass is 785 g/mol. The van der Waals surface area contributed by atoms with E-state index in [0.29, 0.717) is 58.0 Å². The predicted octanol–water partition coefficient (Wildman–Crippen LogP) is 5.07. The molecule has 55 heavy (non-hydrogen) atoms. The van der Waals surface area contributed by atoms with Crippen molar-refractivity contribution in [2.24, 2.45) is 0 Å². The molecule has 0 bridgehead atoms. The van der Waals surface area contributed by atoms with E-state index in [9.17, 15) is 25.9 Å². The van der Waals surface area contributed by atoms with Gasteiger partial charge in [-0.3, -0.25) is 9.11 Å². The number of nitrogens with one attached hydrogen (secondary N) is 1. The second kappa shape index (κ2) is 16.2. The van der Waals surface area contributed by atoms with Gasteiger partial charge in [0.2, 0.25) is 16.7 Å². The van der Waals surface area contributed by atoms with E-state index in [1.54, 1.807) is 47.4 Å². The second-order valence-corrected chi connectivity index (χ2v) is 15.7. The van der Waals surface area contributed by atoms with Crippen molar-refractivity contribution in [3.05, 3.63) is 133 Å². The Kier molecular flexibility index (Phi) is 11.8. The van der Waals surface area contributed by atoms with E-state index < -0.39 is 25.6 Å². The van der Waals surface area contributed by atoms with Gasteiger partial charge in [0.05, 0.1) is 11.4 Å². The van der Waals surface area contributed by atoms with Gasteiger partial charge in [0, 0.05) is 66.0 Å². The fourth-order valence-electron chi connectivity index (χ4n) is 7.20. The van der Waals surface area contributed by atoms with Crippen LogP contribution in [0.15, 0.2) is 132 Å². The summed E-state index contributed by atoms with van der Waals surface area (Å²) in [6.07, 6.45) is 0. The van der Waals surface area contributed by atoms with E-state index in [2.05, 4.69) is 9.88 Å². The number of anilines is 4. The third-order valence-corrected chi connectivity index (χ3v) is 11.6. The molecule has 0 saturated carbocycles. The predicted molar refractivity (Wildman–Crippen MR) is 215 cm³/mol. The second-order valence-electron chi connectivity index (χ2n) is 12.8. The molecule has 0 aliphatic rings. The molecule has 0 fully saturated rings. The fourth-order valence-corrected chi connectivity index (χ4v) is 9.03. The van der Waals surface area contributed by atoms with Crippen molar-refractivity contribution < 1.29 is 60.1 Å². The summed E-state index contributed by atoms with van der Waals surface area (Å²) in [6, 6.07) is 38.6. The number of aromatic nitrogens is 2. The molecule has 14 heteroatoms. The van der Waals surface area contributed by atoms with Crippen molar-refractivity contribution in [3.63, 3.8) is 0 Å². The molecule has 1 unspecified atom stereocenters. The number of nitrogens with zero attached hydrogens (tertiary/aromatic N) is 4. The Balaban J connectivity index is 0.00000514. The van der Waals surface area contributed by atoms with Crippen LogP contribution in [-0.4, -0.2) is 50.6 Å². The van der Waals surface area contributed by atoms with E-state index in [4.69, 9.17) is 4.98 Å². The van der Waals surface area contributed by atoms with Crippen molar-refractivity contribution >= 4 is 75.8 Å². The van der Waals surface area contributed by atoms with Crippen molar-refractivity contribution in [2.75, 3.05) is 34.8 Å². The number of rotatable bonds is 12. The molecule has 11 nitrogen and oxygen atoms in total. The van der Waals surface area contributed by atoms with Crippen LogP contribution >= 0.6 is 0 Å². The molecule has 0 amide bonds. The minimum Gasteiger partial charge on any atom is -0.371 e. The number of benzene rings is 6. The van der Waals surface area contributed by atoms with Crippen LogP contribution in [-0.2, 0) is 20.2 Å². The number of hydrogen-bond acceptors (Lipinski definition) is 8. The Morgan fingerprint density at radius 2 is 1.35 bits per heavy atom. The summed E-state index contributed by atoms with van der Waals surface area (Å²) in [6.45, 7) is 7.06.